The summed E-state index contributed by atoms with van der Waals surface area (Å²) in [5.74, 6) is 1.05. The second-order valence-corrected chi connectivity index (χ2v) is 7.48. The van der Waals surface area contributed by atoms with Gasteiger partial charge in [-0.2, -0.15) is 0 Å². The first-order chi connectivity index (χ1) is 13.2. The molecule has 0 amide bonds. The van der Waals surface area contributed by atoms with E-state index in [0.717, 1.165) is 29.9 Å². The molecule has 2 aliphatic rings. The Morgan fingerprint density at radius 1 is 1.04 bits per heavy atom. The van der Waals surface area contributed by atoms with Gasteiger partial charge in [0, 0.05) is 30.8 Å². The number of halogens is 1. The molecule has 5 heteroatoms. The van der Waals surface area contributed by atoms with Crippen molar-refractivity contribution >= 4 is 5.69 Å². The predicted octanol–water partition coefficient (Wildman–Crippen LogP) is 4.68. The summed E-state index contributed by atoms with van der Waals surface area (Å²) in [6.07, 6.45) is 8.64. The number of hydrogen-bond donors (Lipinski definition) is 0. The van der Waals surface area contributed by atoms with Crippen molar-refractivity contribution in [2.24, 2.45) is 0 Å². The van der Waals surface area contributed by atoms with Crippen LogP contribution in [0.4, 0.5) is 10.1 Å². The van der Waals surface area contributed by atoms with Gasteiger partial charge < -0.3 is 4.90 Å². The van der Waals surface area contributed by atoms with E-state index in [2.05, 4.69) is 38.9 Å². The maximum absolute atomic E-state index is 14.2. The summed E-state index contributed by atoms with van der Waals surface area (Å²) in [4.78, 5) is 15.5. The van der Waals surface area contributed by atoms with E-state index in [4.69, 9.17) is 0 Å². The molecule has 1 fully saturated rings. The summed E-state index contributed by atoms with van der Waals surface area (Å²) in [6, 6.07) is 9.57. The van der Waals surface area contributed by atoms with Gasteiger partial charge in [0.15, 0.2) is 5.82 Å². The first-order valence-electron chi connectivity index (χ1n) is 9.52. The number of rotatable bonds is 3. The third-order valence-corrected chi connectivity index (χ3v) is 5.64. The summed E-state index contributed by atoms with van der Waals surface area (Å²) in [5.41, 5.74) is 5.38. The summed E-state index contributed by atoms with van der Waals surface area (Å²) < 4.78 is 14.2. The van der Waals surface area contributed by atoms with Crippen LogP contribution in [0.5, 0.6) is 0 Å². The Morgan fingerprint density at radius 3 is 2.63 bits per heavy atom. The number of anilines is 1. The second-order valence-electron chi connectivity index (χ2n) is 7.48. The molecular formula is C22H21FN4. The van der Waals surface area contributed by atoms with Gasteiger partial charge in [-0.1, -0.05) is 0 Å². The van der Waals surface area contributed by atoms with Gasteiger partial charge in [-0.05, 0) is 79.1 Å². The summed E-state index contributed by atoms with van der Waals surface area (Å²) >= 11 is 0. The average Bonchev–Trinajstić information content (AvgIpc) is 3.53. The van der Waals surface area contributed by atoms with Crippen molar-refractivity contribution in [2.75, 3.05) is 11.4 Å². The largest absolute Gasteiger partial charge is 0.364 e. The first kappa shape index (κ1) is 16.4. The van der Waals surface area contributed by atoms with Crippen LogP contribution in [0, 0.1) is 5.82 Å². The second kappa shape index (κ2) is 6.41. The van der Waals surface area contributed by atoms with Crippen LogP contribution in [0.2, 0.25) is 0 Å². The van der Waals surface area contributed by atoms with Crippen LogP contribution in [-0.4, -0.2) is 21.5 Å². The fourth-order valence-electron chi connectivity index (χ4n) is 4.02. The third-order valence-electron chi connectivity index (χ3n) is 5.64. The number of fused-ring (bicyclic) bond motifs is 1. The van der Waals surface area contributed by atoms with E-state index in [1.165, 1.54) is 24.0 Å². The first-order valence-corrected chi connectivity index (χ1v) is 9.52. The SMILES string of the molecule is CC1c2cnc(-c3ncccn3)cc2CCN1c1cc(F)cc(C2CC2)c1. The lowest BCUT2D eigenvalue weighted by Crippen LogP contribution is -2.34. The van der Waals surface area contributed by atoms with Crippen LogP contribution >= 0.6 is 0 Å². The topological polar surface area (TPSA) is 41.9 Å². The van der Waals surface area contributed by atoms with Crippen molar-refractivity contribution in [1.82, 2.24) is 15.0 Å². The van der Waals surface area contributed by atoms with E-state index in [-0.39, 0.29) is 11.9 Å². The van der Waals surface area contributed by atoms with Gasteiger partial charge >= 0.3 is 0 Å². The van der Waals surface area contributed by atoms with E-state index >= 15 is 0 Å². The molecule has 3 aromatic rings. The summed E-state index contributed by atoms with van der Waals surface area (Å²) in [7, 11) is 0. The molecule has 0 radical (unpaired) electrons. The average molecular weight is 360 g/mol. The van der Waals surface area contributed by atoms with Crippen LogP contribution in [-0.2, 0) is 6.42 Å². The number of benzene rings is 1. The Labute approximate surface area is 158 Å². The molecule has 0 spiro atoms. The molecule has 1 saturated carbocycles. The van der Waals surface area contributed by atoms with Gasteiger partial charge in [0.05, 0.1) is 6.04 Å². The molecule has 27 heavy (non-hydrogen) atoms. The van der Waals surface area contributed by atoms with E-state index in [1.54, 1.807) is 30.6 Å². The highest BCUT2D eigenvalue weighted by Gasteiger charge is 2.28. The van der Waals surface area contributed by atoms with Crippen LogP contribution < -0.4 is 4.90 Å². The third kappa shape index (κ3) is 3.07. The van der Waals surface area contributed by atoms with E-state index in [9.17, 15) is 4.39 Å². The van der Waals surface area contributed by atoms with Crippen LogP contribution in [0.3, 0.4) is 0 Å². The Kier molecular flexibility index (Phi) is 3.88. The summed E-state index contributed by atoms with van der Waals surface area (Å²) in [6.45, 7) is 3.03. The number of nitrogens with zero attached hydrogens (tertiary/aromatic N) is 4. The molecule has 1 unspecified atom stereocenters. The molecule has 136 valence electrons. The van der Waals surface area contributed by atoms with Crippen LogP contribution in [0.15, 0.2) is 48.9 Å². The van der Waals surface area contributed by atoms with Gasteiger partial charge in [-0.15, -0.1) is 0 Å². The molecule has 1 aliphatic carbocycles. The molecular weight excluding hydrogens is 339 g/mol. The predicted molar refractivity (Wildman–Crippen MR) is 103 cm³/mol. The smallest absolute Gasteiger partial charge is 0.178 e. The highest BCUT2D eigenvalue weighted by atomic mass is 19.1. The zero-order valence-corrected chi connectivity index (χ0v) is 15.3. The quantitative estimate of drug-likeness (QED) is 0.680. The Morgan fingerprint density at radius 2 is 1.85 bits per heavy atom. The molecule has 2 aromatic heterocycles. The fourth-order valence-corrected chi connectivity index (χ4v) is 4.02. The minimum atomic E-state index is -0.137. The molecule has 0 N–H and O–H groups in total. The van der Waals surface area contributed by atoms with Crippen LogP contribution in [0.25, 0.3) is 11.5 Å². The van der Waals surface area contributed by atoms with Gasteiger partial charge in [-0.3, -0.25) is 4.98 Å². The molecule has 1 aromatic carbocycles. The van der Waals surface area contributed by atoms with Crippen molar-refractivity contribution in [1.29, 1.82) is 0 Å². The van der Waals surface area contributed by atoms with Crippen molar-refractivity contribution in [3.8, 4) is 11.5 Å². The van der Waals surface area contributed by atoms with E-state index < -0.39 is 0 Å². The monoisotopic (exact) mass is 360 g/mol. The van der Waals surface area contributed by atoms with Crippen molar-refractivity contribution in [2.45, 2.75) is 38.1 Å². The minimum Gasteiger partial charge on any atom is -0.364 e. The molecule has 1 atom stereocenters. The fraction of sp³-hybridized carbons (Fsp3) is 0.318. The summed E-state index contributed by atoms with van der Waals surface area (Å²) in [5, 5.41) is 0. The Balaban J connectivity index is 1.47. The molecule has 0 saturated heterocycles. The number of aromatic nitrogens is 3. The molecule has 5 rings (SSSR count). The van der Waals surface area contributed by atoms with Gasteiger partial charge in [0.1, 0.15) is 11.5 Å². The Hall–Kier alpha value is -2.82. The zero-order valence-electron chi connectivity index (χ0n) is 15.3. The van der Waals surface area contributed by atoms with Crippen molar-refractivity contribution < 1.29 is 4.39 Å². The lowest BCUT2D eigenvalue weighted by Gasteiger charge is -2.37. The van der Waals surface area contributed by atoms with E-state index in [1.807, 2.05) is 6.20 Å². The van der Waals surface area contributed by atoms with Crippen LogP contribution in [0.1, 0.15) is 48.4 Å². The lowest BCUT2D eigenvalue weighted by molar-refractivity contribution is 0.605. The normalized spacial score (nSPS) is 19.0. The molecule has 4 nitrogen and oxygen atoms in total. The highest BCUT2D eigenvalue weighted by molar-refractivity contribution is 5.57. The molecule has 3 heterocycles. The van der Waals surface area contributed by atoms with Crippen molar-refractivity contribution in [3.63, 3.8) is 0 Å². The van der Waals surface area contributed by atoms with Gasteiger partial charge in [0.25, 0.3) is 0 Å². The maximum Gasteiger partial charge on any atom is 0.178 e. The maximum atomic E-state index is 14.2. The minimum absolute atomic E-state index is 0.137. The van der Waals surface area contributed by atoms with Crippen molar-refractivity contribution in [3.05, 3.63) is 71.4 Å². The number of pyridine rings is 1. The number of hydrogen-bond acceptors (Lipinski definition) is 4. The highest BCUT2D eigenvalue weighted by Crippen LogP contribution is 2.43. The zero-order chi connectivity index (χ0) is 18.4. The lowest BCUT2D eigenvalue weighted by atomic mass is 9.93. The van der Waals surface area contributed by atoms with Gasteiger partial charge in [-0.25, -0.2) is 14.4 Å². The standard InChI is InChI=1S/C22H21FN4/c1-14-20-13-26-21(22-24-6-2-7-25-22)11-16(20)5-8-27(14)19-10-17(15-3-4-15)9-18(23)12-19/h2,6-7,9-15H,3-5,8H2,1H3. The Bertz CT molecular complexity index is 985. The molecule has 1 aliphatic heterocycles. The molecule has 0 bridgehead atoms. The van der Waals surface area contributed by atoms with E-state index in [0.29, 0.717) is 11.7 Å². The van der Waals surface area contributed by atoms with Gasteiger partial charge in [0.2, 0.25) is 0 Å².